The number of guanidine groups is 1. The molecule has 0 aromatic carbocycles. The van der Waals surface area contributed by atoms with Crippen molar-refractivity contribution in [3.63, 3.8) is 0 Å². The predicted octanol–water partition coefficient (Wildman–Crippen LogP) is 2.84. The van der Waals surface area contributed by atoms with Crippen LogP contribution in [0, 0.1) is 11.8 Å². The van der Waals surface area contributed by atoms with Gasteiger partial charge in [0, 0.05) is 19.6 Å². The number of halogens is 1. The fourth-order valence-corrected chi connectivity index (χ4v) is 2.64. The second kappa shape index (κ2) is 6.81. The molecule has 2 N–H and O–H groups in total. The zero-order valence-corrected chi connectivity index (χ0v) is 13.4. The quantitative estimate of drug-likeness (QED) is 0.483. The Balaban J connectivity index is 0.00000144. The van der Waals surface area contributed by atoms with Crippen LogP contribution in [-0.4, -0.2) is 30.5 Å². The summed E-state index contributed by atoms with van der Waals surface area (Å²) in [5.41, 5.74) is 6.00. The van der Waals surface area contributed by atoms with Crippen molar-refractivity contribution < 1.29 is 0 Å². The van der Waals surface area contributed by atoms with Gasteiger partial charge in [-0.15, -0.1) is 24.0 Å². The van der Waals surface area contributed by atoms with Crippen molar-refractivity contribution >= 4 is 29.9 Å². The maximum absolute atomic E-state index is 6.00. The molecule has 2 unspecified atom stereocenters. The molecule has 17 heavy (non-hydrogen) atoms. The number of rotatable bonds is 3. The van der Waals surface area contributed by atoms with Gasteiger partial charge < -0.3 is 10.6 Å². The number of nitrogens with two attached hydrogens (primary N) is 1. The molecular weight excluding hydrogens is 325 g/mol. The fraction of sp³-hybridized carbons (Fsp3) is 0.923. The largest absolute Gasteiger partial charge is 0.370 e. The van der Waals surface area contributed by atoms with Crippen molar-refractivity contribution in [2.75, 3.05) is 13.6 Å². The van der Waals surface area contributed by atoms with Crippen LogP contribution in [0.2, 0.25) is 0 Å². The third-order valence-electron chi connectivity index (χ3n) is 4.23. The lowest BCUT2D eigenvalue weighted by Gasteiger charge is -2.27. The Kier molecular flexibility index (Phi) is 6.03. The minimum absolute atomic E-state index is 0. The molecule has 4 heteroatoms. The molecule has 2 atom stereocenters. The molecule has 2 fully saturated rings. The maximum Gasteiger partial charge on any atom is 0.191 e. The molecule has 0 radical (unpaired) electrons. The van der Waals surface area contributed by atoms with Crippen molar-refractivity contribution in [2.45, 2.75) is 51.5 Å². The Morgan fingerprint density at radius 1 is 1.24 bits per heavy atom. The highest BCUT2D eigenvalue weighted by Crippen LogP contribution is 2.30. The summed E-state index contributed by atoms with van der Waals surface area (Å²) in [6, 6.07) is 0.674. The Hall–Kier alpha value is 0. The van der Waals surface area contributed by atoms with Gasteiger partial charge in [0.25, 0.3) is 0 Å². The summed E-state index contributed by atoms with van der Waals surface area (Å²) in [5.74, 6) is 2.34. The van der Waals surface area contributed by atoms with E-state index in [1.54, 1.807) is 0 Å². The zero-order valence-electron chi connectivity index (χ0n) is 11.1. The first-order chi connectivity index (χ1) is 7.68. The molecule has 0 aromatic rings. The van der Waals surface area contributed by atoms with Crippen molar-refractivity contribution in [3.8, 4) is 0 Å². The molecule has 2 saturated carbocycles. The monoisotopic (exact) mass is 351 g/mol. The number of aliphatic imine (C=N–C) groups is 1. The van der Waals surface area contributed by atoms with Gasteiger partial charge in [-0.1, -0.05) is 26.2 Å². The van der Waals surface area contributed by atoms with Crippen LogP contribution in [0.1, 0.15) is 45.4 Å². The van der Waals surface area contributed by atoms with E-state index in [-0.39, 0.29) is 24.0 Å². The van der Waals surface area contributed by atoms with Gasteiger partial charge >= 0.3 is 0 Å². The smallest absolute Gasteiger partial charge is 0.191 e. The third kappa shape index (κ3) is 4.30. The molecule has 2 aliphatic carbocycles. The van der Waals surface area contributed by atoms with Crippen LogP contribution in [0.3, 0.4) is 0 Å². The van der Waals surface area contributed by atoms with Gasteiger partial charge in [-0.25, -0.2) is 0 Å². The maximum atomic E-state index is 6.00. The lowest BCUT2D eigenvalue weighted by molar-refractivity contribution is 0.263. The van der Waals surface area contributed by atoms with Crippen LogP contribution < -0.4 is 5.73 Å². The number of nitrogens with zero attached hydrogens (tertiary/aromatic N) is 2. The highest BCUT2D eigenvalue weighted by atomic mass is 127. The van der Waals surface area contributed by atoms with Crippen LogP contribution in [0.4, 0.5) is 0 Å². The molecule has 0 aromatic heterocycles. The molecular formula is C13H26IN3. The molecule has 2 rings (SSSR count). The summed E-state index contributed by atoms with van der Waals surface area (Å²) in [4.78, 5) is 6.73. The molecule has 0 heterocycles. The van der Waals surface area contributed by atoms with E-state index in [0.29, 0.717) is 6.04 Å². The Bertz CT molecular complexity index is 263. The van der Waals surface area contributed by atoms with E-state index in [4.69, 9.17) is 5.73 Å². The number of hydrogen-bond acceptors (Lipinski definition) is 1. The Morgan fingerprint density at radius 3 is 2.47 bits per heavy atom. The second-order valence-electron chi connectivity index (χ2n) is 5.56. The van der Waals surface area contributed by atoms with Gasteiger partial charge in [0.15, 0.2) is 5.96 Å². The van der Waals surface area contributed by atoms with E-state index in [9.17, 15) is 0 Å². The van der Waals surface area contributed by atoms with E-state index in [0.717, 1.165) is 24.3 Å². The summed E-state index contributed by atoms with van der Waals surface area (Å²) >= 11 is 0. The van der Waals surface area contributed by atoms with Crippen LogP contribution in [-0.2, 0) is 0 Å². The van der Waals surface area contributed by atoms with Crippen LogP contribution >= 0.6 is 24.0 Å². The van der Waals surface area contributed by atoms with Gasteiger partial charge in [0.05, 0.1) is 0 Å². The standard InChI is InChI=1S/C13H25N3.HI/c1-10-5-3-4-6-11(10)9-15-13(14)16(2)12-7-8-12;/h10-12H,3-9H2,1-2H3,(H2,14,15);1H. The lowest BCUT2D eigenvalue weighted by Crippen LogP contribution is -2.36. The van der Waals surface area contributed by atoms with Gasteiger partial charge in [-0.2, -0.15) is 0 Å². The van der Waals surface area contributed by atoms with Gasteiger partial charge in [-0.05, 0) is 31.1 Å². The van der Waals surface area contributed by atoms with Crippen molar-refractivity contribution in [3.05, 3.63) is 0 Å². The second-order valence-corrected chi connectivity index (χ2v) is 5.56. The molecule has 0 amide bonds. The minimum atomic E-state index is 0. The average Bonchev–Trinajstić information content (AvgIpc) is 3.10. The summed E-state index contributed by atoms with van der Waals surface area (Å²) < 4.78 is 0. The van der Waals surface area contributed by atoms with Crippen LogP contribution in [0.5, 0.6) is 0 Å². The van der Waals surface area contributed by atoms with Crippen molar-refractivity contribution in [1.29, 1.82) is 0 Å². The van der Waals surface area contributed by atoms with E-state index >= 15 is 0 Å². The summed E-state index contributed by atoms with van der Waals surface area (Å²) in [5, 5.41) is 0. The highest BCUT2D eigenvalue weighted by molar-refractivity contribution is 14.0. The van der Waals surface area contributed by atoms with E-state index in [1.165, 1.54) is 38.5 Å². The van der Waals surface area contributed by atoms with Gasteiger partial charge in [-0.3, -0.25) is 4.99 Å². The van der Waals surface area contributed by atoms with E-state index < -0.39 is 0 Å². The Morgan fingerprint density at radius 2 is 1.88 bits per heavy atom. The molecule has 2 aliphatic rings. The van der Waals surface area contributed by atoms with Gasteiger partial charge in [0.1, 0.15) is 0 Å². The molecule has 0 aliphatic heterocycles. The normalized spacial score (nSPS) is 29.6. The highest BCUT2D eigenvalue weighted by Gasteiger charge is 2.27. The molecule has 3 nitrogen and oxygen atoms in total. The summed E-state index contributed by atoms with van der Waals surface area (Å²) in [6.45, 7) is 3.30. The average molecular weight is 351 g/mol. The minimum Gasteiger partial charge on any atom is -0.370 e. The third-order valence-corrected chi connectivity index (χ3v) is 4.23. The molecule has 100 valence electrons. The predicted molar refractivity (Wildman–Crippen MR) is 83.8 cm³/mol. The van der Waals surface area contributed by atoms with Crippen molar-refractivity contribution in [2.24, 2.45) is 22.6 Å². The van der Waals surface area contributed by atoms with E-state index in [1.807, 2.05) is 0 Å². The van der Waals surface area contributed by atoms with Crippen LogP contribution in [0.15, 0.2) is 4.99 Å². The van der Waals surface area contributed by atoms with Gasteiger partial charge in [0.2, 0.25) is 0 Å². The zero-order chi connectivity index (χ0) is 11.5. The topological polar surface area (TPSA) is 41.6 Å². The molecule has 0 spiro atoms. The molecule has 0 bridgehead atoms. The summed E-state index contributed by atoms with van der Waals surface area (Å²) in [7, 11) is 2.07. The van der Waals surface area contributed by atoms with Crippen molar-refractivity contribution in [1.82, 2.24) is 4.90 Å². The first-order valence-corrected chi connectivity index (χ1v) is 6.71. The summed E-state index contributed by atoms with van der Waals surface area (Å²) in [6.07, 6.45) is 8.06. The first kappa shape index (κ1) is 15.1. The lowest BCUT2D eigenvalue weighted by atomic mass is 9.80. The van der Waals surface area contributed by atoms with E-state index in [2.05, 4.69) is 23.9 Å². The van der Waals surface area contributed by atoms with Crippen LogP contribution in [0.25, 0.3) is 0 Å². The fourth-order valence-electron chi connectivity index (χ4n) is 2.64. The first-order valence-electron chi connectivity index (χ1n) is 6.71. The molecule has 0 saturated heterocycles. The SMILES string of the molecule is CC1CCCCC1CN=C(N)N(C)C1CC1.I. The number of hydrogen-bond donors (Lipinski definition) is 1. The Labute approximate surface area is 122 Å².